The average Bonchev–Trinajstić information content (AvgIpc) is 2.44. The van der Waals surface area contributed by atoms with Crippen molar-refractivity contribution < 1.29 is 9.53 Å². The van der Waals surface area contributed by atoms with Crippen LogP contribution < -0.4 is 10.1 Å². The molecule has 0 saturated carbocycles. The number of aromatic nitrogens is 2. The molecule has 2 rings (SSSR count). The molecule has 0 fully saturated rings. The fraction of sp³-hybridized carbons (Fsp3) is 0.267. The van der Waals surface area contributed by atoms with Crippen LogP contribution in [0.15, 0.2) is 24.5 Å². The number of carbonyl (C=O) groups excluding carboxylic acids is 1. The van der Waals surface area contributed by atoms with Crippen molar-refractivity contribution in [2.45, 2.75) is 20.8 Å². The van der Waals surface area contributed by atoms with Gasteiger partial charge in [-0.05, 0) is 44.5 Å². The lowest BCUT2D eigenvalue weighted by molar-refractivity contribution is 0.102. The van der Waals surface area contributed by atoms with Gasteiger partial charge in [0.15, 0.2) is 0 Å². The van der Waals surface area contributed by atoms with E-state index in [-0.39, 0.29) is 5.91 Å². The predicted octanol–water partition coefficient (Wildman–Crippen LogP) is 2.66. The molecule has 5 nitrogen and oxygen atoms in total. The molecule has 0 aliphatic heterocycles. The minimum atomic E-state index is -0.235. The second kappa shape index (κ2) is 5.69. The van der Waals surface area contributed by atoms with Crippen molar-refractivity contribution in [3.05, 3.63) is 47.0 Å². The Kier molecular flexibility index (Phi) is 3.98. The molecule has 1 amide bonds. The third-order valence-electron chi connectivity index (χ3n) is 3.23. The first kappa shape index (κ1) is 14.0. The number of methoxy groups -OCH3 is 1. The third-order valence-corrected chi connectivity index (χ3v) is 3.23. The fourth-order valence-corrected chi connectivity index (χ4v) is 1.85. The molecule has 1 N–H and O–H groups in total. The highest BCUT2D eigenvalue weighted by Gasteiger charge is 2.14. The molecule has 0 radical (unpaired) electrons. The van der Waals surface area contributed by atoms with Gasteiger partial charge in [0.2, 0.25) is 0 Å². The number of ether oxygens (including phenoxy) is 1. The molecule has 0 aliphatic carbocycles. The number of rotatable bonds is 3. The Morgan fingerprint density at radius 3 is 2.60 bits per heavy atom. The summed E-state index contributed by atoms with van der Waals surface area (Å²) in [6.45, 7) is 5.60. The lowest BCUT2D eigenvalue weighted by Crippen LogP contribution is -2.17. The van der Waals surface area contributed by atoms with Crippen LogP contribution in [0.3, 0.4) is 0 Å². The normalized spacial score (nSPS) is 10.2. The van der Waals surface area contributed by atoms with E-state index >= 15 is 0 Å². The Bertz CT molecular complexity index is 654. The van der Waals surface area contributed by atoms with E-state index < -0.39 is 0 Å². The zero-order chi connectivity index (χ0) is 14.7. The zero-order valence-corrected chi connectivity index (χ0v) is 12.0. The Hall–Kier alpha value is -2.43. The quantitative estimate of drug-likeness (QED) is 0.932. The highest BCUT2D eigenvalue weighted by atomic mass is 16.5. The molecule has 0 bridgehead atoms. The van der Waals surface area contributed by atoms with Gasteiger partial charge < -0.3 is 10.1 Å². The Labute approximate surface area is 118 Å². The summed E-state index contributed by atoms with van der Waals surface area (Å²) in [4.78, 5) is 20.4. The highest BCUT2D eigenvalue weighted by molar-refractivity contribution is 6.04. The van der Waals surface area contributed by atoms with Crippen LogP contribution in [0.2, 0.25) is 0 Å². The van der Waals surface area contributed by atoms with Gasteiger partial charge in [-0.15, -0.1) is 0 Å². The van der Waals surface area contributed by atoms with Crippen LogP contribution in [0.4, 0.5) is 5.69 Å². The molecular weight excluding hydrogens is 254 g/mol. The van der Waals surface area contributed by atoms with E-state index in [0.717, 1.165) is 28.3 Å². The average molecular weight is 271 g/mol. The first-order valence-corrected chi connectivity index (χ1v) is 6.27. The minimum Gasteiger partial charge on any atom is -0.497 e. The number of hydrogen-bond acceptors (Lipinski definition) is 4. The fourth-order valence-electron chi connectivity index (χ4n) is 1.85. The Morgan fingerprint density at radius 1 is 1.20 bits per heavy atom. The van der Waals surface area contributed by atoms with Gasteiger partial charge in [0, 0.05) is 16.9 Å². The molecule has 20 heavy (non-hydrogen) atoms. The number of nitrogens with one attached hydrogen (secondary N) is 1. The van der Waals surface area contributed by atoms with E-state index in [9.17, 15) is 4.79 Å². The van der Waals surface area contributed by atoms with Gasteiger partial charge in [0.1, 0.15) is 17.8 Å². The maximum atomic E-state index is 12.3. The lowest BCUT2D eigenvalue weighted by Gasteiger charge is -2.11. The van der Waals surface area contributed by atoms with Crippen LogP contribution in [0, 0.1) is 20.8 Å². The van der Waals surface area contributed by atoms with Crippen molar-refractivity contribution >= 4 is 11.6 Å². The second-order valence-electron chi connectivity index (χ2n) is 4.57. The number of benzene rings is 1. The molecule has 0 spiro atoms. The molecular formula is C15H17N3O2. The van der Waals surface area contributed by atoms with Crippen molar-refractivity contribution in [2.24, 2.45) is 0 Å². The summed E-state index contributed by atoms with van der Waals surface area (Å²) in [6, 6.07) is 5.49. The monoisotopic (exact) mass is 271 g/mol. The number of hydrogen-bond donors (Lipinski definition) is 1. The summed E-state index contributed by atoms with van der Waals surface area (Å²) in [5, 5.41) is 2.86. The van der Waals surface area contributed by atoms with Crippen molar-refractivity contribution in [2.75, 3.05) is 12.4 Å². The molecule has 104 valence electrons. The summed E-state index contributed by atoms with van der Waals surface area (Å²) in [5.41, 5.74) is 3.66. The Morgan fingerprint density at radius 2 is 1.95 bits per heavy atom. The predicted molar refractivity (Wildman–Crippen MR) is 77.2 cm³/mol. The molecule has 0 aliphatic rings. The topological polar surface area (TPSA) is 64.1 Å². The second-order valence-corrected chi connectivity index (χ2v) is 4.57. The molecule has 5 heteroatoms. The molecule has 0 unspecified atom stereocenters. The molecule has 1 aromatic carbocycles. The van der Waals surface area contributed by atoms with Gasteiger partial charge in [-0.3, -0.25) is 4.79 Å². The largest absolute Gasteiger partial charge is 0.497 e. The van der Waals surface area contributed by atoms with Crippen molar-refractivity contribution in [1.82, 2.24) is 9.97 Å². The lowest BCUT2D eigenvalue weighted by atomic mass is 10.1. The molecule has 2 aromatic rings. The van der Waals surface area contributed by atoms with E-state index in [4.69, 9.17) is 4.74 Å². The van der Waals surface area contributed by atoms with E-state index in [1.165, 1.54) is 6.33 Å². The molecule has 0 saturated heterocycles. The number of aryl methyl sites for hydroxylation is 2. The number of amides is 1. The van der Waals surface area contributed by atoms with Crippen LogP contribution in [-0.2, 0) is 0 Å². The summed E-state index contributed by atoms with van der Waals surface area (Å²) in [5.74, 6) is 0.524. The smallest absolute Gasteiger partial charge is 0.274 e. The maximum absolute atomic E-state index is 12.3. The summed E-state index contributed by atoms with van der Waals surface area (Å²) >= 11 is 0. The van der Waals surface area contributed by atoms with Gasteiger partial charge in [0.25, 0.3) is 5.91 Å². The highest BCUT2D eigenvalue weighted by Crippen LogP contribution is 2.21. The molecule has 1 heterocycles. The standard InChI is InChI=1S/C15H17N3O2/c1-9-7-12(20-4)5-6-13(9)18-15(19)14-10(2)11(3)16-8-17-14/h5-8H,1-4H3,(H,18,19). The third kappa shape index (κ3) is 2.77. The van der Waals surface area contributed by atoms with Gasteiger partial charge in [0.05, 0.1) is 7.11 Å². The van der Waals surface area contributed by atoms with Gasteiger partial charge in [-0.2, -0.15) is 0 Å². The van der Waals surface area contributed by atoms with Crippen LogP contribution in [0.1, 0.15) is 27.3 Å². The van der Waals surface area contributed by atoms with Crippen molar-refractivity contribution in [1.29, 1.82) is 0 Å². The molecule has 1 aromatic heterocycles. The van der Waals surface area contributed by atoms with Gasteiger partial charge in [-0.1, -0.05) is 0 Å². The zero-order valence-electron chi connectivity index (χ0n) is 12.0. The van der Waals surface area contributed by atoms with Crippen LogP contribution in [-0.4, -0.2) is 23.0 Å². The van der Waals surface area contributed by atoms with E-state index in [1.54, 1.807) is 13.2 Å². The summed E-state index contributed by atoms with van der Waals surface area (Å²) in [7, 11) is 1.61. The first-order chi connectivity index (χ1) is 9.52. The minimum absolute atomic E-state index is 0.235. The molecule has 0 atom stereocenters. The van der Waals surface area contributed by atoms with Crippen LogP contribution in [0.25, 0.3) is 0 Å². The SMILES string of the molecule is COc1ccc(NC(=O)c2ncnc(C)c2C)c(C)c1. The summed E-state index contributed by atoms with van der Waals surface area (Å²) < 4.78 is 5.14. The van der Waals surface area contributed by atoms with E-state index in [0.29, 0.717) is 5.69 Å². The van der Waals surface area contributed by atoms with E-state index in [1.807, 2.05) is 32.9 Å². The maximum Gasteiger partial charge on any atom is 0.274 e. The van der Waals surface area contributed by atoms with Crippen molar-refractivity contribution in [3.8, 4) is 5.75 Å². The van der Waals surface area contributed by atoms with Gasteiger partial charge >= 0.3 is 0 Å². The van der Waals surface area contributed by atoms with Gasteiger partial charge in [-0.25, -0.2) is 9.97 Å². The Balaban J connectivity index is 2.26. The van der Waals surface area contributed by atoms with Crippen LogP contribution in [0.5, 0.6) is 5.75 Å². The number of anilines is 1. The first-order valence-electron chi connectivity index (χ1n) is 6.27. The van der Waals surface area contributed by atoms with E-state index in [2.05, 4.69) is 15.3 Å². The summed E-state index contributed by atoms with van der Waals surface area (Å²) in [6.07, 6.45) is 1.40. The number of carbonyl (C=O) groups is 1. The van der Waals surface area contributed by atoms with Crippen LogP contribution >= 0.6 is 0 Å². The van der Waals surface area contributed by atoms with Crippen molar-refractivity contribution in [3.63, 3.8) is 0 Å². The number of nitrogens with zero attached hydrogens (tertiary/aromatic N) is 2.